The Hall–Kier alpha value is -6.03. The van der Waals surface area contributed by atoms with Crippen LogP contribution in [0.5, 0.6) is 5.75 Å². The molecule has 3 heterocycles. The van der Waals surface area contributed by atoms with E-state index in [9.17, 15) is 32.4 Å². The first-order chi connectivity index (χ1) is 26.9. The summed E-state index contributed by atoms with van der Waals surface area (Å²) in [6.07, 6.45) is 4.06. The summed E-state index contributed by atoms with van der Waals surface area (Å²) in [5.41, 5.74) is 2.95. The first-order valence-electron chi connectivity index (χ1n) is 18.5. The van der Waals surface area contributed by atoms with Gasteiger partial charge in [-0.05, 0) is 96.9 Å². The number of benzene rings is 4. The number of hydrogen-bond acceptors (Lipinski definition) is 8. The number of piperidine rings is 1. The molecule has 3 aliphatic rings. The SMILES string of the molecule is Cn1c(=O)n(C2CCC(=O)NC2=O)c2ccc(C3CCC(CC(=O)Nc4ccc5c(F)c(N6CC(=O)NS6(=O)=O)c(OCc6ccccc6)cc5c4)CC3)cc21. The zero-order valence-electron chi connectivity index (χ0n) is 30.4. The highest BCUT2D eigenvalue weighted by molar-refractivity contribution is 7.92. The van der Waals surface area contributed by atoms with Gasteiger partial charge in [-0.2, -0.15) is 8.42 Å². The van der Waals surface area contributed by atoms with Crippen molar-refractivity contribution in [3.05, 3.63) is 100 Å². The smallest absolute Gasteiger partial charge is 0.329 e. The molecule has 4 aromatic carbocycles. The van der Waals surface area contributed by atoms with Crippen LogP contribution in [0.25, 0.3) is 21.8 Å². The van der Waals surface area contributed by atoms with Crippen LogP contribution in [0.3, 0.4) is 0 Å². The van der Waals surface area contributed by atoms with E-state index >= 15 is 4.39 Å². The Morgan fingerprint density at radius 1 is 0.911 bits per heavy atom. The van der Waals surface area contributed by atoms with Gasteiger partial charge in [0.05, 0.1) is 11.0 Å². The molecule has 14 nitrogen and oxygen atoms in total. The minimum absolute atomic E-state index is 0.0130. The summed E-state index contributed by atoms with van der Waals surface area (Å²) in [4.78, 5) is 62.8. The van der Waals surface area contributed by atoms with Crippen molar-refractivity contribution < 1.29 is 36.7 Å². The van der Waals surface area contributed by atoms with Gasteiger partial charge >= 0.3 is 15.9 Å². The van der Waals surface area contributed by atoms with E-state index in [2.05, 4.69) is 10.6 Å². The minimum Gasteiger partial charge on any atom is -0.487 e. The second-order valence-electron chi connectivity index (χ2n) is 14.7. The second-order valence-corrected chi connectivity index (χ2v) is 16.3. The first kappa shape index (κ1) is 36.9. The third kappa shape index (κ3) is 7.00. The summed E-state index contributed by atoms with van der Waals surface area (Å²) >= 11 is 0. The molecule has 0 radical (unpaired) electrons. The second kappa shape index (κ2) is 14.6. The van der Waals surface area contributed by atoms with Gasteiger partial charge < -0.3 is 10.1 Å². The summed E-state index contributed by atoms with van der Waals surface area (Å²) in [5.74, 6) is -2.38. The number of rotatable bonds is 9. The van der Waals surface area contributed by atoms with E-state index < -0.39 is 40.4 Å². The van der Waals surface area contributed by atoms with Crippen LogP contribution in [0.2, 0.25) is 0 Å². The molecule has 16 heteroatoms. The lowest BCUT2D eigenvalue weighted by Gasteiger charge is -2.28. The lowest BCUT2D eigenvalue weighted by atomic mass is 9.77. The van der Waals surface area contributed by atoms with E-state index in [-0.39, 0.29) is 65.6 Å². The molecule has 1 aliphatic carbocycles. The quantitative estimate of drug-likeness (QED) is 0.181. The van der Waals surface area contributed by atoms with Crippen molar-refractivity contribution in [2.24, 2.45) is 13.0 Å². The van der Waals surface area contributed by atoms with E-state index in [0.29, 0.717) is 32.8 Å². The van der Waals surface area contributed by atoms with Crippen molar-refractivity contribution >= 4 is 67.0 Å². The van der Waals surface area contributed by atoms with Gasteiger partial charge in [0.2, 0.25) is 17.7 Å². The average Bonchev–Trinajstić information content (AvgIpc) is 3.59. The molecule has 0 spiro atoms. The standard InChI is InChI=1S/C40H39FN6O8S/c1-45-32-19-26(11-14-30(32)47(40(45)52)31-15-16-34(48)43-39(31)51)25-9-7-23(8-10-25)17-35(49)42-28-12-13-29-27(18-28)20-33(55-22-24-5-3-2-4-6-24)38(37(29)41)46-21-36(50)44-56(46,53)54/h2-6,11-14,18-20,23,25,31H,7-10,15-17,21-22H2,1H3,(H,42,49)(H,44,50)(H,43,48,51). The zero-order valence-corrected chi connectivity index (χ0v) is 31.2. The number of ether oxygens (including phenoxy) is 1. The van der Waals surface area contributed by atoms with Crippen molar-refractivity contribution in [2.75, 3.05) is 16.2 Å². The molecule has 2 saturated heterocycles. The van der Waals surface area contributed by atoms with Crippen LogP contribution < -0.4 is 30.1 Å². The number of carbonyl (C=O) groups excluding carboxylic acids is 4. The van der Waals surface area contributed by atoms with Gasteiger partial charge in [0, 0.05) is 31.0 Å². The summed E-state index contributed by atoms with van der Waals surface area (Å²) < 4.78 is 53.2. The number of halogens is 1. The molecular weight excluding hydrogens is 744 g/mol. The molecule has 0 bridgehead atoms. The van der Waals surface area contributed by atoms with Crippen molar-refractivity contribution in [1.29, 1.82) is 0 Å². The van der Waals surface area contributed by atoms with Gasteiger partial charge in [-0.15, -0.1) is 0 Å². The molecule has 56 heavy (non-hydrogen) atoms. The minimum atomic E-state index is -4.34. The van der Waals surface area contributed by atoms with Crippen LogP contribution >= 0.6 is 0 Å². The number of hydrogen-bond donors (Lipinski definition) is 3. The van der Waals surface area contributed by atoms with Gasteiger partial charge in [-0.3, -0.25) is 33.6 Å². The highest BCUT2D eigenvalue weighted by Gasteiger charge is 2.38. The summed E-state index contributed by atoms with van der Waals surface area (Å²) in [5, 5.41) is 5.72. The topological polar surface area (TPSA) is 178 Å². The Morgan fingerprint density at radius 2 is 1.68 bits per heavy atom. The Kier molecular flexibility index (Phi) is 9.60. The molecule has 8 rings (SSSR count). The van der Waals surface area contributed by atoms with Crippen LogP contribution in [0.4, 0.5) is 15.8 Å². The molecule has 1 atom stereocenters. The van der Waals surface area contributed by atoms with E-state index in [1.165, 1.54) is 21.3 Å². The highest BCUT2D eigenvalue weighted by Crippen LogP contribution is 2.41. The number of anilines is 2. The third-order valence-electron chi connectivity index (χ3n) is 11.0. The van der Waals surface area contributed by atoms with Gasteiger partial charge in [-0.1, -0.05) is 36.4 Å². The maximum atomic E-state index is 16.2. The van der Waals surface area contributed by atoms with Gasteiger partial charge in [0.1, 0.15) is 30.6 Å². The number of imidazole rings is 1. The monoisotopic (exact) mass is 782 g/mol. The van der Waals surface area contributed by atoms with Crippen LogP contribution in [0.15, 0.2) is 77.6 Å². The van der Waals surface area contributed by atoms with Crippen LogP contribution in [0, 0.1) is 11.7 Å². The molecule has 5 aromatic rings. The van der Waals surface area contributed by atoms with Crippen LogP contribution in [0.1, 0.15) is 68.0 Å². The van der Waals surface area contributed by atoms with E-state index in [1.807, 2.05) is 53.3 Å². The summed E-state index contributed by atoms with van der Waals surface area (Å²) in [7, 11) is -2.66. The predicted octanol–water partition coefficient (Wildman–Crippen LogP) is 4.67. The Labute approximate surface area is 320 Å². The van der Waals surface area contributed by atoms with Gasteiger partial charge in [0.15, 0.2) is 5.82 Å². The summed E-state index contributed by atoms with van der Waals surface area (Å²) in [6, 6.07) is 20.3. The van der Waals surface area contributed by atoms with Crippen molar-refractivity contribution in [1.82, 2.24) is 19.2 Å². The number of amides is 4. The van der Waals surface area contributed by atoms with E-state index in [4.69, 9.17) is 4.74 Å². The molecule has 1 aromatic heterocycles. The normalized spacial score (nSPS) is 20.9. The average molecular weight is 783 g/mol. The van der Waals surface area contributed by atoms with Crippen molar-refractivity contribution in [3.63, 3.8) is 0 Å². The molecule has 1 saturated carbocycles. The number of aryl methyl sites for hydroxylation is 1. The Bertz CT molecular complexity index is 2600. The van der Waals surface area contributed by atoms with Crippen molar-refractivity contribution in [2.45, 2.75) is 63.5 Å². The molecule has 290 valence electrons. The maximum Gasteiger partial charge on any atom is 0.329 e. The Morgan fingerprint density at radius 3 is 2.39 bits per heavy atom. The molecule has 3 N–H and O–H groups in total. The molecule has 1 unspecified atom stereocenters. The molecular formula is C40H39FN6O8S. The lowest BCUT2D eigenvalue weighted by Crippen LogP contribution is -2.44. The number of carbonyl (C=O) groups is 4. The zero-order chi connectivity index (χ0) is 39.3. The van der Waals surface area contributed by atoms with Crippen LogP contribution in [-0.2, 0) is 43.0 Å². The number of fused-ring (bicyclic) bond motifs is 2. The fourth-order valence-corrected chi connectivity index (χ4v) is 9.33. The number of aromatic nitrogens is 2. The predicted molar refractivity (Wildman–Crippen MR) is 206 cm³/mol. The molecule has 4 amide bonds. The van der Waals surface area contributed by atoms with Crippen molar-refractivity contribution in [3.8, 4) is 5.75 Å². The number of imide groups is 1. The van der Waals surface area contributed by atoms with Gasteiger partial charge in [-0.25, -0.2) is 18.2 Å². The molecule has 3 fully saturated rings. The Balaban J connectivity index is 0.946. The van der Waals surface area contributed by atoms with Crippen LogP contribution in [-0.4, -0.2) is 47.7 Å². The number of nitrogens with one attached hydrogen (secondary N) is 3. The van der Waals surface area contributed by atoms with E-state index in [0.717, 1.165) is 36.8 Å². The highest BCUT2D eigenvalue weighted by atomic mass is 32.2. The fourth-order valence-electron chi connectivity index (χ4n) is 8.17. The lowest BCUT2D eigenvalue weighted by molar-refractivity contribution is -0.135. The first-order valence-corrected chi connectivity index (χ1v) is 19.9. The largest absolute Gasteiger partial charge is 0.487 e. The fraction of sp³-hybridized carbons (Fsp3) is 0.325. The molecule has 2 aliphatic heterocycles. The van der Waals surface area contributed by atoms with E-state index in [1.54, 1.807) is 19.2 Å². The summed E-state index contributed by atoms with van der Waals surface area (Å²) in [6.45, 7) is -0.585. The third-order valence-corrected chi connectivity index (χ3v) is 12.4. The maximum absolute atomic E-state index is 16.2. The van der Waals surface area contributed by atoms with Gasteiger partial charge in [0.25, 0.3) is 5.91 Å². The number of nitrogens with zero attached hydrogens (tertiary/aromatic N) is 3.